The number of nitrogens with one attached hydrogen (secondary N) is 1. The van der Waals surface area contributed by atoms with Crippen molar-refractivity contribution in [3.63, 3.8) is 0 Å². The SMILES string of the molecule is CCc1nc(S/C(=C\c2ccc(C)c(Br)c2)C(=O)[O-])n[nH]1. The summed E-state index contributed by atoms with van der Waals surface area (Å²) in [4.78, 5) is 15.5. The van der Waals surface area contributed by atoms with Crippen LogP contribution in [0, 0.1) is 6.92 Å². The number of aryl methyl sites for hydroxylation is 2. The number of nitrogens with zero attached hydrogens (tertiary/aromatic N) is 2. The standard InChI is InChI=1S/C14H14BrN3O2S/c1-3-12-16-14(18-17-12)21-11(13(19)20)7-9-5-4-8(2)10(15)6-9/h4-7H,3H2,1-2H3,(H,19,20)(H,16,17,18)/p-1/b11-7-. The molecular formula is C14H13BrN3O2S-. The van der Waals surface area contributed by atoms with Gasteiger partial charge in [-0.15, -0.1) is 5.10 Å². The summed E-state index contributed by atoms with van der Waals surface area (Å²) < 4.78 is 0.921. The Hall–Kier alpha value is -1.60. The number of carboxylic acid groups (broad SMARTS) is 1. The molecule has 0 saturated heterocycles. The molecule has 0 amide bonds. The maximum Gasteiger partial charge on any atom is 0.213 e. The summed E-state index contributed by atoms with van der Waals surface area (Å²) in [5.41, 5.74) is 1.85. The molecule has 1 N–H and O–H groups in total. The summed E-state index contributed by atoms with van der Waals surface area (Å²) in [6.45, 7) is 3.90. The third-order valence-corrected chi connectivity index (χ3v) is 4.47. The Labute approximate surface area is 135 Å². The van der Waals surface area contributed by atoms with Gasteiger partial charge in [0.2, 0.25) is 5.16 Å². The first kappa shape index (κ1) is 15.8. The van der Waals surface area contributed by atoms with E-state index < -0.39 is 5.97 Å². The van der Waals surface area contributed by atoms with E-state index in [9.17, 15) is 9.90 Å². The lowest BCUT2D eigenvalue weighted by Gasteiger charge is -2.06. The lowest BCUT2D eigenvalue weighted by Crippen LogP contribution is -2.23. The van der Waals surface area contributed by atoms with Crippen molar-refractivity contribution in [1.82, 2.24) is 15.2 Å². The van der Waals surface area contributed by atoms with Crippen molar-refractivity contribution in [2.75, 3.05) is 0 Å². The molecule has 0 atom stereocenters. The van der Waals surface area contributed by atoms with E-state index in [4.69, 9.17) is 0 Å². The molecule has 1 aromatic heterocycles. The van der Waals surface area contributed by atoms with Crippen molar-refractivity contribution in [2.45, 2.75) is 25.4 Å². The average Bonchev–Trinajstić information content (AvgIpc) is 2.90. The molecule has 0 spiro atoms. The normalized spacial score (nSPS) is 11.7. The van der Waals surface area contributed by atoms with Gasteiger partial charge in [0.1, 0.15) is 5.82 Å². The highest BCUT2D eigenvalue weighted by atomic mass is 79.9. The number of carboxylic acids is 1. The van der Waals surface area contributed by atoms with Gasteiger partial charge in [-0.05, 0) is 42.0 Å². The number of hydrogen-bond donors (Lipinski definition) is 1. The summed E-state index contributed by atoms with van der Waals surface area (Å²) in [6, 6.07) is 5.61. The maximum atomic E-state index is 11.3. The Kier molecular flexibility index (Phi) is 5.19. The fraction of sp³-hybridized carbons (Fsp3) is 0.214. The number of H-pyrrole nitrogens is 1. The third-order valence-electron chi connectivity index (χ3n) is 2.74. The van der Waals surface area contributed by atoms with Crippen molar-refractivity contribution >= 4 is 39.7 Å². The van der Waals surface area contributed by atoms with Crippen LogP contribution in [0.15, 0.2) is 32.7 Å². The Morgan fingerprint density at radius 2 is 2.29 bits per heavy atom. The lowest BCUT2D eigenvalue weighted by atomic mass is 10.1. The second-order valence-electron chi connectivity index (χ2n) is 4.32. The van der Waals surface area contributed by atoms with Crippen LogP contribution >= 0.6 is 27.7 Å². The lowest BCUT2D eigenvalue weighted by molar-refractivity contribution is -0.297. The monoisotopic (exact) mass is 366 g/mol. The van der Waals surface area contributed by atoms with Gasteiger partial charge in [-0.2, -0.15) is 0 Å². The number of benzene rings is 1. The molecular weight excluding hydrogens is 354 g/mol. The fourth-order valence-electron chi connectivity index (χ4n) is 1.56. The number of aromatic nitrogens is 3. The van der Waals surface area contributed by atoms with E-state index in [2.05, 4.69) is 31.1 Å². The molecule has 2 aromatic rings. The molecule has 110 valence electrons. The summed E-state index contributed by atoms with van der Waals surface area (Å²) in [5.74, 6) is -0.534. The van der Waals surface area contributed by atoms with E-state index in [-0.39, 0.29) is 4.91 Å². The van der Waals surface area contributed by atoms with Crippen LogP contribution in [-0.2, 0) is 11.2 Å². The van der Waals surface area contributed by atoms with Gasteiger partial charge in [0.15, 0.2) is 0 Å². The maximum absolute atomic E-state index is 11.3. The molecule has 0 aliphatic carbocycles. The van der Waals surface area contributed by atoms with Gasteiger partial charge in [-0.3, -0.25) is 5.10 Å². The molecule has 0 bridgehead atoms. The largest absolute Gasteiger partial charge is 0.544 e. The van der Waals surface area contributed by atoms with Crippen LogP contribution in [-0.4, -0.2) is 21.2 Å². The first-order valence-corrected chi connectivity index (χ1v) is 7.89. The summed E-state index contributed by atoms with van der Waals surface area (Å²) in [7, 11) is 0. The van der Waals surface area contributed by atoms with E-state index >= 15 is 0 Å². The molecule has 7 heteroatoms. The number of aliphatic carboxylic acids is 1. The predicted molar refractivity (Wildman–Crippen MR) is 83.5 cm³/mol. The fourth-order valence-corrected chi connectivity index (χ4v) is 2.68. The smallest absolute Gasteiger partial charge is 0.213 e. The van der Waals surface area contributed by atoms with E-state index in [0.29, 0.717) is 17.4 Å². The van der Waals surface area contributed by atoms with Crippen molar-refractivity contribution in [2.24, 2.45) is 0 Å². The molecule has 1 heterocycles. The van der Waals surface area contributed by atoms with Crippen LogP contribution in [0.1, 0.15) is 23.9 Å². The zero-order valence-corrected chi connectivity index (χ0v) is 13.9. The van der Waals surface area contributed by atoms with E-state index in [1.165, 1.54) is 0 Å². The van der Waals surface area contributed by atoms with Crippen molar-refractivity contribution in [3.8, 4) is 0 Å². The van der Waals surface area contributed by atoms with Crippen molar-refractivity contribution < 1.29 is 9.90 Å². The van der Waals surface area contributed by atoms with Crippen LogP contribution < -0.4 is 5.11 Å². The van der Waals surface area contributed by atoms with Gasteiger partial charge in [0.25, 0.3) is 0 Å². The van der Waals surface area contributed by atoms with Gasteiger partial charge in [0, 0.05) is 15.8 Å². The second-order valence-corrected chi connectivity index (χ2v) is 6.19. The number of hydrogen-bond acceptors (Lipinski definition) is 5. The number of aromatic amines is 1. The number of carbonyl (C=O) groups is 1. The number of carbonyl (C=O) groups excluding carboxylic acids is 1. The van der Waals surface area contributed by atoms with Crippen LogP contribution in [0.25, 0.3) is 6.08 Å². The molecule has 2 rings (SSSR count). The summed E-state index contributed by atoms with van der Waals surface area (Å²) in [6.07, 6.45) is 2.26. The summed E-state index contributed by atoms with van der Waals surface area (Å²) in [5, 5.41) is 18.3. The van der Waals surface area contributed by atoms with Gasteiger partial charge < -0.3 is 9.90 Å². The van der Waals surface area contributed by atoms with Crippen LogP contribution in [0.4, 0.5) is 0 Å². The van der Waals surface area contributed by atoms with E-state index in [1.807, 2.05) is 32.0 Å². The molecule has 0 fully saturated rings. The first-order valence-electron chi connectivity index (χ1n) is 6.28. The Balaban J connectivity index is 2.27. The molecule has 0 aliphatic rings. The summed E-state index contributed by atoms with van der Waals surface area (Å²) >= 11 is 4.39. The van der Waals surface area contributed by atoms with Gasteiger partial charge in [-0.25, -0.2) is 4.98 Å². The Bertz CT molecular complexity index is 697. The number of rotatable bonds is 5. The number of thioether (sulfide) groups is 1. The van der Waals surface area contributed by atoms with Crippen LogP contribution in [0.2, 0.25) is 0 Å². The zero-order valence-electron chi connectivity index (χ0n) is 11.5. The van der Waals surface area contributed by atoms with Crippen molar-refractivity contribution in [3.05, 3.63) is 44.5 Å². The topological polar surface area (TPSA) is 81.7 Å². The minimum Gasteiger partial charge on any atom is -0.544 e. The van der Waals surface area contributed by atoms with Crippen LogP contribution in [0.5, 0.6) is 0 Å². The highest BCUT2D eigenvalue weighted by molar-refractivity contribution is 9.10. The minimum absolute atomic E-state index is 0.0624. The van der Waals surface area contributed by atoms with Crippen LogP contribution in [0.3, 0.4) is 0 Å². The third kappa shape index (κ3) is 4.18. The molecule has 21 heavy (non-hydrogen) atoms. The quantitative estimate of drug-likeness (QED) is 0.648. The van der Waals surface area contributed by atoms with Crippen molar-refractivity contribution in [1.29, 1.82) is 0 Å². The first-order chi connectivity index (χ1) is 9.99. The molecule has 0 aliphatic heterocycles. The van der Waals surface area contributed by atoms with E-state index in [1.54, 1.807) is 6.08 Å². The predicted octanol–water partition coefficient (Wildman–Crippen LogP) is 2.32. The van der Waals surface area contributed by atoms with Gasteiger partial charge in [-0.1, -0.05) is 35.0 Å². The van der Waals surface area contributed by atoms with Gasteiger partial charge >= 0.3 is 0 Å². The molecule has 0 saturated carbocycles. The highest BCUT2D eigenvalue weighted by Gasteiger charge is 2.08. The average molecular weight is 367 g/mol. The van der Waals surface area contributed by atoms with E-state index in [0.717, 1.165) is 27.4 Å². The minimum atomic E-state index is -1.25. The molecule has 0 radical (unpaired) electrons. The molecule has 0 unspecified atom stereocenters. The Morgan fingerprint density at radius 3 is 2.86 bits per heavy atom. The van der Waals surface area contributed by atoms with Gasteiger partial charge in [0.05, 0.1) is 5.97 Å². The highest BCUT2D eigenvalue weighted by Crippen LogP contribution is 2.26. The second kappa shape index (κ2) is 6.91. The molecule has 1 aromatic carbocycles. The molecule has 5 nitrogen and oxygen atoms in total. The Morgan fingerprint density at radius 1 is 1.52 bits per heavy atom. The zero-order chi connectivity index (χ0) is 15.4. The number of halogens is 1.